The molecule has 17 heavy (non-hydrogen) atoms. The van der Waals surface area contributed by atoms with Crippen LogP contribution in [0.5, 0.6) is 0 Å². The predicted molar refractivity (Wildman–Crippen MR) is 71.7 cm³/mol. The molecule has 1 rings (SSSR count). The van der Waals surface area contributed by atoms with E-state index in [9.17, 15) is 8.42 Å². The van der Waals surface area contributed by atoms with Gasteiger partial charge in [0.25, 0.3) is 0 Å². The fourth-order valence-corrected chi connectivity index (χ4v) is 1.89. The van der Waals surface area contributed by atoms with Crippen LogP contribution in [-0.2, 0) is 10.0 Å². The fourth-order valence-electron chi connectivity index (χ4n) is 1.43. The van der Waals surface area contributed by atoms with E-state index in [2.05, 4.69) is 4.72 Å². The molecule has 96 valence electrons. The van der Waals surface area contributed by atoms with Gasteiger partial charge in [0, 0.05) is 31.5 Å². The molecule has 0 aromatic heterocycles. The number of benzene rings is 1. The SMILES string of the molecule is Cc1cc(N(C)CCNS(C)(=O)=O)ccc1N. The summed E-state index contributed by atoms with van der Waals surface area (Å²) in [5.41, 5.74) is 8.54. The van der Waals surface area contributed by atoms with Gasteiger partial charge in [-0.3, -0.25) is 0 Å². The standard InChI is InChI=1S/C11H19N3O2S/c1-9-8-10(4-5-11(9)12)14(2)7-6-13-17(3,15)16/h4-5,8,13H,6-7,12H2,1-3H3. The Labute approximate surface area is 103 Å². The summed E-state index contributed by atoms with van der Waals surface area (Å²) in [5, 5.41) is 0. The third kappa shape index (κ3) is 4.62. The highest BCUT2D eigenvalue weighted by Crippen LogP contribution is 2.19. The minimum atomic E-state index is -3.11. The van der Waals surface area contributed by atoms with Crippen molar-refractivity contribution in [2.24, 2.45) is 0 Å². The first-order chi connectivity index (χ1) is 7.79. The van der Waals surface area contributed by atoms with Gasteiger partial charge in [-0.05, 0) is 30.7 Å². The van der Waals surface area contributed by atoms with Crippen molar-refractivity contribution in [3.05, 3.63) is 23.8 Å². The number of nitrogens with one attached hydrogen (secondary N) is 1. The number of nitrogens with two attached hydrogens (primary N) is 1. The van der Waals surface area contributed by atoms with Gasteiger partial charge in [0.15, 0.2) is 0 Å². The van der Waals surface area contributed by atoms with Gasteiger partial charge in [0.2, 0.25) is 10.0 Å². The van der Waals surface area contributed by atoms with Crippen molar-refractivity contribution in [2.45, 2.75) is 6.92 Å². The Morgan fingerprint density at radius 3 is 2.59 bits per heavy atom. The topological polar surface area (TPSA) is 75.4 Å². The molecule has 6 heteroatoms. The molecule has 0 bridgehead atoms. The summed E-state index contributed by atoms with van der Waals surface area (Å²) < 4.78 is 24.3. The Hall–Kier alpha value is -1.27. The predicted octanol–water partition coefficient (Wildman–Crippen LogP) is 0.563. The summed E-state index contributed by atoms with van der Waals surface area (Å²) in [4.78, 5) is 1.98. The van der Waals surface area contributed by atoms with Crippen molar-refractivity contribution in [1.82, 2.24) is 4.72 Å². The highest BCUT2D eigenvalue weighted by Gasteiger charge is 2.04. The minimum absolute atomic E-state index is 0.388. The molecule has 0 unspecified atom stereocenters. The van der Waals surface area contributed by atoms with Gasteiger partial charge in [0.05, 0.1) is 6.26 Å². The first kappa shape index (κ1) is 13.8. The second kappa shape index (κ2) is 5.37. The van der Waals surface area contributed by atoms with Gasteiger partial charge in [0.1, 0.15) is 0 Å². The number of sulfonamides is 1. The molecule has 0 fully saturated rings. The van der Waals surface area contributed by atoms with Gasteiger partial charge in [-0.15, -0.1) is 0 Å². The molecule has 0 amide bonds. The Morgan fingerprint density at radius 1 is 1.41 bits per heavy atom. The Kier molecular flexibility index (Phi) is 4.36. The molecular formula is C11H19N3O2S. The van der Waals surface area contributed by atoms with E-state index in [1.807, 2.05) is 37.1 Å². The molecule has 0 aliphatic heterocycles. The summed E-state index contributed by atoms with van der Waals surface area (Å²) in [6.45, 7) is 2.94. The first-order valence-electron chi connectivity index (χ1n) is 5.31. The second-order valence-corrected chi connectivity index (χ2v) is 5.96. The van der Waals surface area contributed by atoms with Crippen LogP contribution in [0, 0.1) is 6.92 Å². The molecule has 0 saturated heterocycles. The maximum atomic E-state index is 10.9. The third-order valence-corrected chi connectivity index (χ3v) is 3.23. The molecular weight excluding hydrogens is 238 g/mol. The van der Waals surface area contributed by atoms with Gasteiger partial charge >= 0.3 is 0 Å². The van der Waals surface area contributed by atoms with E-state index in [1.54, 1.807) is 0 Å². The summed E-state index contributed by atoms with van der Waals surface area (Å²) in [5.74, 6) is 0. The molecule has 0 atom stereocenters. The van der Waals surface area contributed by atoms with Crippen LogP contribution in [0.4, 0.5) is 11.4 Å². The van der Waals surface area contributed by atoms with Crippen molar-refractivity contribution in [2.75, 3.05) is 37.0 Å². The van der Waals surface area contributed by atoms with E-state index in [1.165, 1.54) is 0 Å². The van der Waals surface area contributed by atoms with Crippen molar-refractivity contribution < 1.29 is 8.42 Å². The third-order valence-electron chi connectivity index (χ3n) is 2.51. The summed E-state index contributed by atoms with van der Waals surface area (Å²) in [6.07, 6.45) is 1.15. The number of nitrogens with zero attached hydrogens (tertiary/aromatic N) is 1. The Bertz CT molecular complexity index is 485. The highest BCUT2D eigenvalue weighted by atomic mass is 32.2. The number of aryl methyl sites for hydroxylation is 1. The highest BCUT2D eigenvalue weighted by molar-refractivity contribution is 7.88. The van der Waals surface area contributed by atoms with E-state index >= 15 is 0 Å². The van der Waals surface area contributed by atoms with Crippen molar-refractivity contribution in [3.63, 3.8) is 0 Å². The van der Waals surface area contributed by atoms with Gasteiger partial charge in [-0.1, -0.05) is 0 Å². The first-order valence-corrected chi connectivity index (χ1v) is 7.20. The van der Waals surface area contributed by atoms with Crippen LogP contribution in [-0.4, -0.2) is 34.8 Å². The fraction of sp³-hybridized carbons (Fsp3) is 0.455. The van der Waals surface area contributed by atoms with Crippen molar-refractivity contribution >= 4 is 21.4 Å². The molecule has 3 N–H and O–H groups in total. The average Bonchev–Trinajstić information content (AvgIpc) is 2.20. The molecule has 5 nitrogen and oxygen atoms in total. The Morgan fingerprint density at radius 2 is 2.06 bits per heavy atom. The van der Waals surface area contributed by atoms with E-state index in [4.69, 9.17) is 5.73 Å². The maximum Gasteiger partial charge on any atom is 0.208 e. The normalized spacial score (nSPS) is 11.5. The molecule has 0 aliphatic rings. The van der Waals surface area contributed by atoms with Gasteiger partial charge < -0.3 is 10.6 Å². The van der Waals surface area contributed by atoms with E-state index in [0.717, 1.165) is 23.2 Å². The molecule has 1 aromatic carbocycles. The van der Waals surface area contributed by atoms with Crippen LogP contribution < -0.4 is 15.4 Å². The lowest BCUT2D eigenvalue weighted by Crippen LogP contribution is -2.32. The average molecular weight is 257 g/mol. The lowest BCUT2D eigenvalue weighted by molar-refractivity contribution is 0.588. The summed E-state index contributed by atoms with van der Waals surface area (Å²) >= 11 is 0. The number of hydrogen-bond acceptors (Lipinski definition) is 4. The number of likely N-dealkylation sites (N-methyl/N-ethyl adjacent to an activating group) is 1. The van der Waals surface area contributed by atoms with Gasteiger partial charge in [-0.2, -0.15) is 0 Å². The quantitative estimate of drug-likeness (QED) is 0.756. The van der Waals surface area contributed by atoms with Crippen molar-refractivity contribution in [3.8, 4) is 0 Å². The van der Waals surface area contributed by atoms with Crippen LogP contribution in [0.25, 0.3) is 0 Å². The van der Waals surface area contributed by atoms with Crippen LogP contribution in [0.1, 0.15) is 5.56 Å². The zero-order valence-electron chi connectivity index (χ0n) is 10.4. The van der Waals surface area contributed by atoms with Crippen LogP contribution >= 0.6 is 0 Å². The number of rotatable bonds is 5. The van der Waals surface area contributed by atoms with Crippen LogP contribution in [0.3, 0.4) is 0 Å². The summed E-state index contributed by atoms with van der Waals surface area (Å²) in [6, 6.07) is 5.75. The molecule has 0 radical (unpaired) electrons. The molecule has 0 spiro atoms. The smallest absolute Gasteiger partial charge is 0.208 e. The Balaban J connectivity index is 2.58. The lowest BCUT2D eigenvalue weighted by atomic mass is 10.2. The molecule has 0 aliphatic carbocycles. The lowest BCUT2D eigenvalue weighted by Gasteiger charge is -2.20. The van der Waals surface area contributed by atoms with E-state index in [-0.39, 0.29) is 0 Å². The zero-order valence-corrected chi connectivity index (χ0v) is 11.2. The molecule has 1 aromatic rings. The second-order valence-electron chi connectivity index (χ2n) is 4.13. The zero-order chi connectivity index (χ0) is 13.1. The number of nitrogen functional groups attached to an aromatic ring is 1. The van der Waals surface area contributed by atoms with Crippen LogP contribution in [0.15, 0.2) is 18.2 Å². The van der Waals surface area contributed by atoms with Crippen LogP contribution in [0.2, 0.25) is 0 Å². The van der Waals surface area contributed by atoms with Gasteiger partial charge in [-0.25, -0.2) is 13.1 Å². The monoisotopic (exact) mass is 257 g/mol. The number of hydrogen-bond donors (Lipinski definition) is 2. The van der Waals surface area contributed by atoms with Crippen molar-refractivity contribution in [1.29, 1.82) is 0 Å². The van der Waals surface area contributed by atoms with E-state index < -0.39 is 10.0 Å². The minimum Gasteiger partial charge on any atom is -0.399 e. The van der Waals surface area contributed by atoms with E-state index in [0.29, 0.717) is 13.1 Å². The number of anilines is 2. The summed E-state index contributed by atoms with van der Waals surface area (Å²) in [7, 11) is -1.20. The molecule has 0 saturated carbocycles. The molecule has 0 heterocycles. The largest absolute Gasteiger partial charge is 0.399 e. The maximum absolute atomic E-state index is 10.9.